The van der Waals surface area contributed by atoms with Gasteiger partial charge in [-0.15, -0.1) is 0 Å². The predicted octanol–water partition coefficient (Wildman–Crippen LogP) is 2.79. The van der Waals surface area contributed by atoms with Gasteiger partial charge in [0.25, 0.3) is 5.91 Å². The Morgan fingerprint density at radius 2 is 1.95 bits per heavy atom. The van der Waals surface area contributed by atoms with E-state index in [1.54, 1.807) is 0 Å². The summed E-state index contributed by atoms with van der Waals surface area (Å²) >= 11 is 5.81. The van der Waals surface area contributed by atoms with Gasteiger partial charge in [0.05, 0.1) is 17.7 Å². The van der Waals surface area contributed by atoms with E-state index in [4.69, 9.17) is 11.6 Å². The van der Waals surface area contributed by atoms with E-state index < -0.39 is 29.6 Å². The number of carbonyl (C=O) groups is 2. The van der Waals surface area contributed by atoms with Crippen LogP contribution >= 0.6 is 11.6 Å². The highest BCUT2D eigenvalue weighted by molar-refractivity contribution is 6.33. The molecule has 114 valence electrons. The summed E-state index contributed by atoms with van der Waals surface area (Å²) in [5, 5.41) is -0.187. The molecule has 4 nitrogen and oxygen atoms in total. The fourth-order valence-corrected chi connectivity index (χ4v) is 2.63. The van der Waals surface area contributed by atoms with E-state index in [-0.39, 0.29) is 10.6 Å². The summed E-state index contributed by atoms with van der Waals surface area (Å²) in [5.41, 5.74) is -0.161. The van der Waals surface area contributed by atoms with Crippen LogP contribution in [-0.2, 0) is 9.53 Å². The van der Waals surface area contributed by atoms with E-state index in [1.807, 2.05) is 0 Å². The van der Waals surface area contributed by atoms with Gasteiger partial charge in [0.15, 0.2) is 11.6 Å². The molecular formula is C14H14ClF2NO3. The molecule has 21 heavy (non-hydrogen) atoms. The second kappa shape index (κ2) is 6.39. The molecule has 1 amide bonds. The molecule has 1 atom stereocenters. The first-order valence-corrected chi connectivity index (χ1v) is 6.87. The van der Waals surface area contributed by atoms with Gasteiger partial charge in [0.1, 0.15) is 6.04 Å². The standard InChI is InChI=1S/C14H14ClF2NO3/c1-21-14(20)12-4-2-3-5-18(12)13(19)8-6-10(16)11(17)7-9(8)15/h6-7,12H,2-5H2,1H3/t12-/m1/s1. The number of halogens is 3. The van der Waals surface area contributed by atoms with E-state index in [0.717, 1.165) is 25.0 Å². The van der Waals surface area contributed by atoms with Crippen molar-refractivity contribution in [1.82, 2.24) is 4.90 Å². The molecule has 7 heteroatoms. The molecule has 0 aliphatic carbocycles. The monoisotopic (exact) mass is 317 g/mol. The maximum atomic E-state index is 13.3. The number of hydrogen-bond donors (Lipinski definition) is 0. The highest BCUT2D eigenvalue weighted by atomic mass is 35.5. The molecule has 2 rings (SSSR count). The van der Waals surface area contributed by atoms with Crippen molar-refractivity contribution in [3.63, 3.8) is 0 Å². The van der Waals surface area contributed by atoms with Crippen LogP contribution in [0.25, 0.3) is 0 Å². The molecule has 0 N–H and O–H groups in total. The van der Waals surface area contributed by atoms with Gasteiger partial charge >= 0.3 is 5.97 Å². The largest absolute Gasteiger partial charge is 0.467 e. The summed E-state index contributed by atoms with van der Waals surface area (Å²) < 4.78 is 31.1. The smallest absolute Gasteiger partial charge is 0.328 e. The molecule has 1 aliphatic heterocycles. The van der Waals surface area contributed by atoms with Crippen LogP contribution in [0.3, 0.4) is 0 Å². The average Bonchev–Trinajstić information content (AvgIpc) is 2.49. The summed E-state index contributed by atoms with van der Waals surface area (Å²) in [6.07, 6.45) is 1.98. The van der Waals surface area contributed by atoms with Crippen molar-refractivity contribution >= 4 is 23.5 Å². The Morgan fingerprint density at radius 3 is 2.62 bits per heavy atom. The lowest BCUT2D eigenvalue weighted by Crippen LogP contribution is -2.48. The van der Waals surface area contributed by atoms with Gasteiger partial charge in [0, 0.05) is 6.54 Å². The van der Waals surface area contributed by atoms with Gasteiger partial charge in [-0.3, -0.25) is 4.79 Å². The predicted molar refractivity (Wildman–Crippen MR) is 72.1 cm³/mol. The number of esters is 1. The van der Waals surface area contributed by atoms with Crippen LogP contribution in [0.5, 0.6) is 0 Å². The number of methoxy groups -OCH3 is 1. The van der Waals surface area contributed by atoms with Crippen molar-refractivity contribution in [2.75, 3.05) is 13.7 Å². The van der Waals surface area contributed by atoms with Crippen molar-refractivity contribution in [2.45, 2.75) is 25.3 Å². The molecule has 1 aromatic carbocycles. The second-order valence-corrected chi connectivity index (χ2v) is 5.19. The number of carbonyl (C=O) groups excluding carboxylic acids is 2. The molecule has 0 bridgehead atoms. The molecule has 0 saturated carbocycles. The minimum Gasteiger partial charge on any atom is -0.467 e. The maximum absolute atomic E-state index is 13.3. The summed E-state index contributed by atoms with van der Waals surface area (Å²) in [6, 6.07) is 0.782. The molecular weight excluding hydrogens is 304 g/mol. The van der Waals surface area contributed by atoms with Crippen molar-refractivity contribution in [1.29, 1.82) is 0 Å². The molecule has 0 spiro atoms. The van der Waals surface area contributed by atoms with Gasteiger partial charge in [0.2, 0.25) is 0 Å². The van der Waals surface area contributed by atoms with Crippen LogP contribution in [0.2, 0.25) is 5.02 Å². The first kappa shape index (κ1) is 15.7. The third-order valence-corrected chi connectivity index (χ3v) is 3.79. The average molecular weight is 318 g/mol. The quantitative estimate of drug-likeness (QED) is 0.622. The molecule has 0 unspecified atom stereocenters. The topological polar surface area (TPSA) is 46.6 Å². The van der Waals surface area contributed by atoms with Crippen LogP contribution < -0.4 is 0 Å². The molecule has 1 saturated heterocycles. The number of ether oxygens (including phenoxy) is 1. The molecule has 0 aromatic heterocycles. The summed E-state index contributed by atoms with van der Waals surface area (Å²) in [6.45, 7) is 0.341. The lowest BCUT2D eigenvalue weighted by atomic mass is 10.0. The summed E-state index contributed by atoms with van der Waals surface area (Å²) in [5.74, 6) is -3.41. The minimum absolute atomic E-state index is 0.161. The van der Waals surface area contributed by atoms with Gasteiger partial charge in [-0.1, -0.05) is 11.6 Å². The molecule has 1 heterocycles. The molecule has 1 aromatic rings. The highest BCUT2D eigenvalue weighted by Gasteiger charge is 2.34. The van der Waals surface area contributed by atoms with Crippen LogP contribution in [0.1, 0.15) is 29.6 Å². The third-order valence-electron chi connectivity index (χ3n) is 3.48. The number of piperidine rings is 1. The Balaban J connectivity index is 2.33. The number of likely N-dealkylation sites (tertiary alicyclic amines) is 1. The van der Waals surface area contributed by atoms with E-state index in [2.05, 4.69) is 4.74 Å². The summed E-state index contributed by atoms with van der Waals surface area (Å²) in [7, 11) is 1.24. The lowest BCUT2D eigenvalue weighted by Gasteiger charge is -2.34. The fraction of sp³-hybridized carbons (Fsp3) is 0.429. The summed E-state index contributed by atoms with van der Waals surface area (Å²) in [4.78, 5) is 25.5. The Bertz CT molecular complexity index is 580. The molecule has 0 radical (unpaired) electrons. The lowest BCUT2D eigenvalue weighted by molar-refractivity contribution is -0.147. The van der Waals surface area contributed by atoms with E-state index >= 15 is 0 Å². The Morgan fingerprint density at radius 1 is 1.29 bits per heavy atom. The highest BCUT2D eigenvalue weighted by Crippen LogP contribution is 2.25. The Hall–Kier alpha value is -1.69. The van der Waals surface area contributed by atoms with Gasteiger partial charge in [-0.2, -0.15) is 0 Å². The maximum Gasteiger partial charge on any atom is 0.328 e. The van der Waals surface area contributed by atoms with Crippen LogP contribution in [-0.4, -0.2) is 36.5 Å². The van der Waals surface area contributed by atoms with Gasteiger partial charge in [-0.25, -0.2) is 13.6 Å². The second-order valence-electron chi connectivity index (χ2n) is 4.78. The Labute approximate surface area is 125 Å². The van der Waals surface area contributed by atoms with Crippen LogP contribution in [0.15, 0.2) is 12.1 Å². The Kier molecular flexibility index (Phi) is 4.77. The zero-order chi connectivity index (χ0) is 15.6. The number of nitrogens with zero attached hydrogens (tertiary/aromatic N) is 1. The molecule has 1 aliphatic rings. The normalized spacial score (nSPS) is 18.5. The fourth-order valence-electron chi connectivity index (χ4n) is 2.40. The van der Waals surface area contributed by atoms with Crippen molar-refractivity contribution < 1.29 is 23.1 Å². The van der Waals surface area contributed by atoms with Gasteiger partial charge in [-0.05, 0) is 31.4 Å². The van der Waals surface area contributed by atoms with E-state index in [9.17, 15) is 18.4 Å². The zero-order valence-electron chi connectivity index (χ0n) is 11.4. The van der Waals surface area contributed by atoms with Crippen molar-refractivity contribution in [3.05, 3.63) is 34.4 Å². The zero-order valence-corrected chi connectivity index (χ0v) is 12.1. The minimum atomic E-state index is -1.16. The first-order chi connectivity index (χ1) is 9.95. The number of amides is 1. The molecule has 1 fully saturated rings. The van der Waals surface area contributed by atoms with Crippen LogP contribution in [0.4, 0.5) is 8.78 Å². The van der Waals surface area contributed by atoms with Crippen molar-refractivity contribution in [3.8, 4) is 0 Å². The first-order valence-electron chi connectivity index (χ1n) is 6.49. The number of hydrogen-bond acceptors (Lipinski definition) is 3. The number of benzene rings is 1. The number of rotatable bonds is 2. The van der Waals surface area contributed by atoms with Crippen molar-refractivity contribution in [2.24, 2.45) is 0 Å². The van der Waals surface area contributed by atoms with Crippen LogP contribution in [0, 0.1) is 11.6 Å². The third kappa shape index (κ3) is 3.15. The SMILES string of the molecule is COC(=O)[C@H]1CCCCN1C(=O)c1cc(F)c(F)cc1Cl. The van der Waals surface area contributed by atoms with E-state index in [0.29, 0.717) is 13.0 Å². The van der Waals surface area contributed by atoms with E-state index in [1.165, 1.54) is 12.0 Å². The van der Waals surface area contributed by atoms with Gasteiger partial charge < -0.3 is 9.64 Å².